The lowest BCUT2D eigenvalue weighted by atomic mass is 9.79. The first-order chi connectivity index (χ1) is 12.0. The van der Waals surface area contributed by atoms with E-state index in [1.807, 2.05) is 20.2 Å². The lowest BCUT2D eigenvalue weighted by Gasteiger charge is -2.41. The second kappa shape index (κ2) is 5.88. The molecule has 0 radical (unpaired) electrons. The van der Waals surface area contributed by atoms with E-state index in [9.17, 15) is 4.79 Å². The van der Waals surface area contributed by atoms with Gasteiger partial charge in [0.25, 0.3) is 0 Å². The topological polar surface area (TPSA) is 39.3 Å². The maximum atomic E-state index is 12.6. The van der Waals surface area contributed by atoms with Gasteiger partial charge in [-0.1, -0.05) is 24.3 Å². The van der Waals surface area contributed by atoms with Gasteiger partial charge >= 0.3 is 0 Å². The molecule has 130 valence electrons. The molecule has 4 rings (SSSR count). The summed E-state index contributed by atoms with van der Waals surface area (Å²) in [4.78, 5) is 20.2. The van der Waals surface area contributed by atoms with E-state index in [-0.39, 0.29) is 11.8 Å². The van der Waals surface area contributed by atoms with Crippen molar-refractivity contribution >= 4 is 22.4 Å². The number of aromatic amines is 1. The van der Waals surface area contributed by atoms with E-state index in [2.05, 4.69) is 47.8 Å². The maximum Gasteiger partial charge on any atom is 0.230 e. The average Bonchev–Trinajstić information content (AvgIpc) is 3.02. The first-order valence-corrected chi connectivity index (χ1v) is 8.89. The predicted molar refractivity (Wildman–Crippen MR) is 102 cm³/mol. The molecule has 2 aliphatic rings. The zero-order valence-corrected chi connectivity index (χ0v) is 15.2. The van der Waals surface area contributed by atoms with E-state index in [0.717, 1.165) is 19.5 Å². The number of aryl methyl sites for hydroxylation is 1. The lowest BCUT2D eigenvalue weighted by molar-refractivity contribution is -0.132. The Hall–Kier alpha value is -2.33. The zero-order chi connectivity index (χ0) is 17.7. The fraction of sp³-hybridized carbons (Fsp3) is 0.381. The number of benzene rings is 1. The molecule has 25 heavy (non-hydrogen) atoms. The van der Waals surface area contributed by atoms with Crippen LogP contribution < -0.4 is 0 Å². The van der Waals surface area contributed by atoms with Gasteiger partial charge in [0.05, 0.1) is 5.92 Å². The molecule has 0 spiro atoms. The summed E-state index contributed by atoms with van der Waals surface area (Å²) in [5, 5.41) is 1.33. The van der Waals surface area contributed by atoms with Crippen molar-refractivity contribution in [3.05, 3.63) is 53.8 Å². The van der Waals surface area contributed by atoms with Crippen molar-refractivity contribution in [2.45, 2.75) is 19.4 Å². The Morgan fingerprint density at radius 1 is 1.44 bits per heavy atom. The van der Waals surface area contributed by atoms with Gasteiger partial charge in [-0.25, -0.2) is 0 Å². The maximum absolute atomic E-state index is 12.6. The van der Waals surface area contributed by atoms with Gasteiger partial charge in [0.2, 0.25) is 5.91 Å². The summed E-state index contributed by atoms with van der Waals surface area (Å²) < 4.78 is 0. The van der Waals surface area contributed by atoms with Crippen LogP contribution in [0.25, 0.3) is 16.5 Å². The van der Waals surface area contributed by atoms with Crippen LogP contribution in [0.3, 0.4) is 0 Å². The molecule has 2 atom stereocenters. The molecule has 4 nitrogen and oxygen atoms in total. The second-order valence-electron chi connectivity index (χ2n) is 7.42. The SMILES string of the molecule is C=CCN1CC(C(=O)N(C)C)C=C2c3ccc(C)c4[nH]cc(c34)CC21. The summed E-state index contributed by atoms with van der Waals surface area (Å²) in [6.07, 6.45) is 7.30. The van der Waals surface area contributed by atoms with Gasteiger partial charge in [0, 0.05) is 50.3 Å². The second-order valence-corrected chi connectivity index (χ2v) is 7.42. The molecule has 0 saturated carbocycles. The van der Waals surface area contributed by atoms with E-state index in [4.69, 9.17) is 0 Å². The Labute approximate surface area is 148 Å². The van der Waals surface area contributed by atoms with Gasteiger partial charge in [-0.3, -0.25) is 9.69 Å². The van der Waals surface area contributed by atoms with Crippen LogP contribution in [0, 0.1) is 12.8 Å². The van der Waals surface area contributed by atoms with Crippen molar-refractivity contribution in [2.24, 2.45) is 5.92 Å². The number of hydrogen-bond acceptors (Lipinski definition) is 2. The van der Waals surface area contributed by atoms with Crippen LogP contribution in [0.1, 0.15) is 16.7 Å². The summed E-state index contributed by atoms with van der Waals surface area (Å²) in [6, 6.07) is 4.72. The highest BCUT2D eigenvalue weighted by atomic mass is 16.2. The smallest absolute Gasteiger partial charge is 0.230 e. The van der Waals surface area contributed by atoms with Crippen molar-refractivity contribution in [2.75, 3.05) is 27.2 Å². The van der Waals surface area contributed by atoms with Crippen LogP contribution >= 0.6 is 0 Å². The molecule has 2 aromatic rings. The van der Waals surface area contributed by atoms with Gasteiger partial charge in [-0.2, -0.15) is 0 Å². The van der Waals surface area contributed by atoms with E-state index in [0.29, 0.717) is 6.04 Å². The number of H-pyrrole nitrogens is 1. The van der Waals surface area contributed by atoms with Gasteiger partial charge in [-0.05, 0) is 35.6 Å². The minimum Gasteiger partial charge on any atom is -0.361 e. The average molecular weight is 335 g/mol. The van der Waals surface area contributed by atoms with E-state index in [1.54, 1.807) is 4.90 Å². The van der Waals surface area contributed by atoms with Crippen LogP contribution in [-0.2, 0) is 11.2 Å². The summed E-state index contributed by atoms with van der Waals surface area (Å²) in [7, 11) is 3.67. The van der Waals surface area contributed by atoms with E-state index < -0.39 is 0 Å². The van der Waals surface area contributed by atoms with Gasteiger partial charge in [0.1, 0.15) is 0 Å². The highest BCUT2D eigenvalue weighted by Crippen LogP contribution is 2.42. The largest absolute Gasteiger partial charge is 0.361 e. The Morgan fingerprint density at radius 2 is 2.24 bits per heavy atom. The number of fused-ring (bicyclic) bond motifs is 2. The molecule has 1 aromatic heterocycles. The number of carbonyl (C=O) groups is 1. The molecule has 1 aliphatic heterocycles. The van der Waals surface area contributed by atoms with Gasteiger partial charge in [-0.15, -0.1) is 6.58 Å². The summed E-state index contributed by atoms with van der Waals surface area (Å²) in [5.74, 6) is 0.0706. The van der Waals surface area contributed by atoms with Crippen molar-refractivity contribution in [1.29, 1.82) is 0 Å². The minimum atomic E-state index is -0.0990. The van der Waals surface area contributed by atoms with Crippen LogP contribution in [0.15, 0.2) is 37.1 Å². The predicted octanol–water partition coefficient (Wildman–Crippen LogP) is 2.99. The number of nitrogens with one attached hydrogen (secondary N) is 1. The molecular formula is C21H25N3O. The van der Waals surface area contributed by atoms with Crippen LogP contribution in [0.2, 0.25) is 0 Å². The summed E-state index contributed by atoms with van der Waals surface area (Å²) in [5.41, 5.74) is 6.44. The first kappa shape index (κ1) is 16.2. The van der Waals surface area contributed by atoms with Crippen LogP contribution in [-0.4, -0.2) is 53.9 Å². The molecule has 1 N–H and O–H groups in total. The Morgan fingerprint density at radius 3 is 2.96 bits per heavy atom. The molecule has 0 bridgehead atoms. The molecule has 0 fully saturated rings. The number of aromatic nitrogens is 1. The molecular weight excluding hydrogens is 310 g/mol. The molecule has 1 aromatic carbocycles. The molecule has 4 heteroatoms. The third-order valence-corrected chi connectivity index (χ3v) is 5.58. The number of carbonyl (C=O) groups excluding carboxylic acids is 1. The minimum absolute atomic E-state index is 0.0990. The third kappa shape index (κ3) is 2.44. The number of rotatable bonds is 3. The highest BCUT2D eigenvalue weighted by Gasteiger charge is 2.37. The molecule has 0 saturated heterocycles. The quantitative estimate of drug-likeness (QED) is 0.876. The van der Waals surface area contributed by atoms with Crippen molar-refractivity contribution in [3.63, 3.8) is 0 Å². The molecule has 2 unspecified atom stereocenters. The third-order valence-electron chi connectivity index (χ3n) is 5.58. The van der Waals surface area contributed by atoms with Crippen molar-refractivity contribution in [3.8, 4) is 0 Å². The van der Waals surface area contributed by atoms with Crippen molar-refractivity contribution in [1.82, 2.24) is 14.8 Å². The fourth-order valence-corrected chi connectivity index (χ4v) is 4.38. The van der Waals surface area contributed by atoms with E-state index >= 15 is 0 Å². The summed E-state index contributed by atoms with van der Waals surface area (Å²) in [6.45, 7) is 7.62. The van der Waals surface area contributed by atoms with Crippen LogP contribution in [0.4, 0.5) is 0 Å². The number of nitrogens with zero attached hydrogens (tertiary/aromatic N) is 2. The molecule has 1 aliphatic carbocycles. The zero-order valence-electron chi connectivity index (χ0n) is 15.2. The number of hydrogen-bond donors (Lipinski definition) is 1. The molecule has 1 amide bonds. The van der Waals surface area contributed by atoms with Crippen LogP contribution in [0.5, 0.6) is 0 Å². The van der Waals surface area contributed by atoms with Gasteiger partial charge < -0.3 is 9.88 Å². The van der Waals surface area contributed by atoms with Gasteiger partial charge in [0.15, 0.2) is 0 Å². The van der Waals surface area contributed by atoms with E-state index in [1.165, 1.54) is 33.2 Å². The standard InChI is InChI=1S/C21H25N3O/c1-5-8-24-12-15(21(25)23(3)4)9-17-16-7-6-13(2)20-19(16)14(11-22-20)10-18(17)24/h5-7,9,11,15,18,22H,1,8,10,12H2,2-4H3. The normalized spacial score (nSPS) is 22.4. The number of amides is 1. The molecule has 2 heterocycles. The summed E-state index contributed by atoms with van der Waals surface area (Å²) >= 11 is 0. The Balaban J connectivity index is 1.88. The monoisotopic (exact) mass is 335 g/mol. The fourth-order valence-electron chi connectivity index (χ4n) is 4.38. The lowest BCUT2D eigenvalue weighted by Crippen LogP contribution is -2.48. The Kier molecular flexibility index (Phi) is 3.80. The van der Waals surface area contributed by atoms with Crippen molar-refractivity contribution < 1.29 is 4.79 Å². The Bertz CT molecular complexity index is 890. The highest BCUT2D eigenvalue weighted by molar-refractivity contribution is 6.00. The first-order valence-electron chi connectivity index (χ1n) is 8.89.